The van der Waals surface area contributed by atoms with E-state index in [-0.39, 0.29) is 0 Å². The zero-order valence-electron chi connectivity index (χ0n) is 12.4. The van der Waals surface area contributed by atoms with E-state index in [4.69, 9.17) is 10.00 Å². The van der Waals surface area contributed by atoms with Gasteiger partial charge in [0.25, 0.3) is 0 Å². The second-order valence-corrected chi connectivity index (χ2v) is 5.00. The van der Waals surface area contributed by atoms with Gasteiger partial charge in [0.15, 0.2) is 0 Å². The molecule has 0 radical (unpaired) electrons. The van der Waals surface area contributed by atoms with Crippen molar-refractivity contribution in [2.45, 2.75) is 33.3 Å². The Morgan fingerprint density at radius 2 is 1.95 bits per heavy atom. The van der Waals surface area contributed by atoms with Crippen molar-refractivity contribution >= 4 is 0 Å². The van der Waals surface area contributed by atoms with E-state index in [9.17, 15) is 5.11 Å². The van der Waals surface area contributed by atoms with E-state index >= 15 is 0 Å². The molecule has 4 nitrogen and oxygen atoms in total. The first-order valence-electron chi connectivity index (χ1n) is 6.88. The van der Waals surface area contributed by atoms with Crippen molar-refractivity contribution < 1.29 is 9.84 Å². The maximum Gasteiger partial charge on any atom is 0.145 e. The van der Waals surface area contributed by atoms with Gasteiger partial charge < -0.3 is 9.84 Å². The number of aliphatic hydroxyl groups excluding tert-OH is 1. The Balaban J connectivity index is 2.25. The van der Waals surface area contributed by atoms with Crippen LogP contribution in [0.25, 0.3) is 0 Å². The third kappa shape index (κ3) is 3.39. The second-order valence-electron chi connectivity index (χ2n) is 5.00. The number of aryl methyl sites for hydroxylation is 2. The standard InChI is InChI=1S/C17H18N2O2/c1-4-16(20)15-6-5-14(10-19-15)21-17-11(2)7-13(9-18)8-12(17)3/h5-8,10,16,20H,4H2,1-3H3. The van der Waals surface area contributed by atoms with E-state index in [0.29, 0.717) is 23.4 Å². The Hall–Kier alpha value is -2.38. The molecule has 0 saturated heterocycles. The summed E-state index contributed by atoms with van der Waals surface area (Å²) in [6, 6.07) is 9.28. The van der Waals surface area contributed by atoms with Crippen LogP contribution in [0, 0.1) is 25.2 Å². The van der Waals surface area contributed by atoms with Crippen LogP contribution in [0.4, 0.5) is 0 Å². The van der Waals surface area contributed by atoms with Gasteiger partial charge >= 0.3 is 0 Å². The van der Waals surface area contributed by atoms with Crippen LogP contribution in [-0.2, 0) is 0 Å². The molecule has 1 aromatic carbocycles. The van der Waals surface area contributed by atoms with Gasteiger partial charge in [0.05, 0.1) is 29.6 Å². The molecule has 0 aliphatic carbocycles. The predicted octanol–water partition coefficient (Wildman–Crippen LogP) is 3.81. The number of hydrogen-bond donors (Lipinski definition) is 1. The van der Waals surface area contributed by atoms with Crippen molar-refractivity contribution in [3.8, 4) is 17.6 Å². The summed E-state index contributed by atoms with van der Waals surface area (Å²) < 4.78 is 5.85. The lowest BCUT2D eigenvalue weighted by molar-refractivity contribution is 0.169. The fourth-order valence-corrected chi connectivity index (χ4v) is 2.15. The maximum atomic E-state index is 9.72. The lowest BCUT2D eigenvalue weighted by atomic mass is 10.1. The Kier molecular flexibility index (Phi) is 4.56. The summed E-state index contributed by atoms with van der Waals surface area (Å²) in [5.41, 5.74) is 3.07. The van der Waals surface area contributed by atoms with Gasteiger partial charge in [-0.1, -0.05) is 6.92 Å². The molecule has 1 unspecified atom stereocenters. The van der Waals surface area contributed by atoms with Crippen molar-refractivity contribution in [1.29, 1.82) is 5.26 Å². The van der Waals surface area contributed by atoms with Gasteiger partial charge in [0.1, 0.15) is 11.5 Å². The molecule has 0 bridgehead atoms. The molecule has 1 heterocycles. The molecule has 108 valence electrons. The van der Waals surface area contributed by atoms with E-state index in [1.54, 1.807) is 30.5 Å². The van der Waals surface area contributed by atoms with E-state index in [1.807, 2.05) is 20.8 Å². The molecule has 0 aliphatic heterocycles. The first-order valence-corrected chi connectivity index (χ1v) is 6.88. The minimum absolute atomic E-state index is 0.544. The highest BCUT2D eigenvalue weighted by Gasteiger charge is 2.10. The molecule has 0 amide bonds. The number of pyridine rings is 1. The lowest BCUT2D eigenvalue weighted by Gasteiger charge is -2.13. The third-order valence-corrected chi connectivity index (χ3v) is 3.30. The summed E-state index contributed by atoms with van der Waals surface area (Å²) in [5.74, 6) is 1.34. The summed E-state index contributed by atoms with van der Waals surface area (Å²) in [7, 11) is 0. The number of aliphatic hydroxyl groups is 1. The molecular weight excluding hydrogens is 264 g/mol. The van der Waals surface area contributed by atoms with Gasteiger partial charge in [0.2, 0.25) is 0 Å². The monoisotopic (exact) mass is 282 g/mol. The molecule has 0 aliphatic rings. The Morgan fingerprint density at radius 1 is 1.29 bits per heavy atom. The van der Waals surface area contributed by atoms with Crippen molar-refractivity contribution in [2.24, 2.45) is 0 Å². The highest BCUT2D eigenvalue weighted by atomic mass is 16.5. The van der Waals surface area contributed by atoms with Gasteiger partial charge in [-0.25, -0.2) is 0 Å². The van der Waals surface area contributed by atoms with E-state index in [1.165, 1.54) is 0 Å². The Labute approximate surface area is 124 Å². The molecule has 0 saturated carbocycles. The summed E-state index contributed by atoms with van der Waals surface area (Å²) in [4.78, 5) is 4.21. The summed E-state index contributed by atoms with van der Waals surface area (Å²) in [5, 5.41) is 18.7. The number of hydrogen-bond acceptors (Lipinski definition) is 4. The van der Waals surface area contributed by atoms with Gasteiger partial charge in [-0.2, -0.15) is 5.26 Å². The molecular formula is C17H18N2O2. The van der Waals surface area contributed by atoms with Gasteiger partial charge in [-0.05, 0) is 55.7 Å². The fourth-order valence-electron chi connectivity index (χ4n) is 2.15. The third-order valence-electron chi connectivity index (χ3n) is 3.30. The topological polar surface area (TPSA) is 66.1 Å². The molecule has 1 N–H and O–H groups in total. The van der Waals surface area contributed by atoms with Crippen LogP contribution in [0.5, 0.6) is 11.5 Å². The van der Waals surface area contributed by atoms with Crippen molar-refractivity contribution in [1.82, 2.24) is 4.98 Å². The lowest BCUT2D eigenvalue weighted by Crippen LogP contribution is -1.99. The minimum Gasteiger partial charge on any atom is -0.455 e. The fraction of sp³-hybridized carbons (Fsp3) is 0.294. The number of aromatic nitrogens is 1. The minimum atomic E-state index is -0.544. The number of benzene rings is 1. The Morgan fingerprint density at radius 3 is 2.43 bits per heavy atom. The van der Waals surface area contributed by atoms with E-state index in [0.717, 1.165) is 16.9 Å². The van der Waals surface area contributed by atoms with Crippen LogP contribution in [0.2, 0.25) is 0 Å². The SMILES string of the molecule is CCC(O)c1ccc(Oc2c(C)cc(C#N)cc2C)cn1. The first-order chi connectivity index (χ1) is 10.0. The van der Waals surface area contributed by atoms with Crippen molar-refractivity contribution in [3.63, 3.8) is 0 Å². The normalized spacial score (nSPS) is 11.8. The average molecular weight is 282 g/mol. The van der Waals surface area contributed by atoms with Crippen molar-refractivity contribution in [3.05, 3.63) is 52.8 Å². The molecule has 2 rings (SSSR count). The molecule has 1 aromatic heterocycles. The second kappa shape index (κ2) is 6.38. The quantitative estimate of drug-likeness (QED) is 0.926. The predicted molar refractivity (Wildman–Crippen MR) is 80.2 cm³/mol. The molecule has 1 atom stereocenters. The smallest absolute Gasteiger partial charge is 0.145 e. The molecule has 0 fully saturated rings. The molecule has 4 heteroatoms. The Bertz CT molecular complexity index is 649. The zero-order chi connectivity index (χ0) is 15.4. The van der Waals surface area contributed by atoms with E-state index in [2.05, 4.69) is 11.1 Å². The molecule has 0 spiro atoms. The van der Waals surface area contributed by atoms with Crippen LogP contribution < -0.4 is 4.74 Å². The number of nitriles is 1. The number of nitrogens with zero attached hydrogens (tertiary/aromatic N) is 2. The van der Waals surface area contributed by atoms with Crippen LogP contribution in [0.3, 0.4) is 0 Å². The largest absolute Gasteiger partial charge is 0.455 e. The maximum absolute atomic E-state index is 9.72. The highest BCUT2D eigenvalue weighted by molar-refractivity contribution is 5.48. The number of rotatable bonds is 4. The summed E-state index contributed by atoms with van der Waals surface area (Å²) >= 11 is 0. The molecule has 2 aromatic rings. The first kappa shape index (κ1) is 15.0. The average Bonchev–Trinajstić information content (AvgIpc) is 2.50. The summed E-state index contributed by atoms with van der Waals surface area (Å²) in [6.45, 7) is 5.72. The zero-order valence-corrected chi connectivity index (χ0v) is 12.4. The van der Waals surface area contributed by atoms with Crippen LogP contribution >= 0.6 is 0 Å². The number of ether oxygens (including phenoxy) is 1. The van der Waals surface area contributed by atoms with Gasteiger partial charge in [-0.3, -0.25) is 4.98 Å². The van der Waals surface area contributed by atoms with Crippen LogP contribution in [0.15, 0.2) is 30.5 Å². The summed E-state index contributed by atoms with van der Waals surface area (Å²) in [6.07, 6.45) is 1.68. The van der Waals surface area contributed by atoms with Gasteiger partial charge in [0, 0.05) is 0 Å². The van der Waals surface area contributed by atoms with Crippen LogP contribution in [-0.4, -0.2) is 10.1 Å². The van der Waals surface area contributed by atoms with Crippen molar-refractivity contribution in [2.75, 3.05) is 0 Å². The molecule has 21 heavy (non-hydrogen) atoms. The van der Waals surface area contributed by atoms with E-state index < -0.39 is 6.10 Å². The van der Waals surface area contributed by atoms with Crippen LogP contribution in [0.1, 0.15) is 41.8 Å². The highest BCUT2D eigenvalue weighted by Crippen LogP contribution is 2.30. The van der Waals surface area contributed by atoms with Gasteiger partial charge in [-0.15, -0.1) is 0 Å².